The van der Waals surface area contributed by atoms with E-state index >= 15 is 0 Å². The average molecular weight is 574 g/mol. The number of carbonyl (C=O) groups is 1. The lowest BCUT2D eigenvalue weighted by Crippen LogP contribution is -2.33. The second-order valence-electron chi connectivity index (χ2n) is 10.2. The van der Waals surface area contributed by atoms with Gasteiger partial charge in [-0.15, -0.1) is 0 Å². The van der Waals surface area contributed by atoms with E-state index in [1.807, 2.05) is 41.3 Å². The molecule has 1 saturated heterocycles. The maximum absolute atomic E-state index is 13.6. The average Bonchev–Trinajstić information content (AvgIpc) is 3.37. The Kier molecular flexibility index (Phi) is 10.6. The molecule has 0 aromatic heterocycles. The molecule has 40 heavy (non-hydrogen) atoms. The molecule has 9 heteroatoms. The summed E-state index contributed by atoms with van der Waals surface area (Å²) >= 11 is 6.30. The first-order valence-electron chi connectivity index (χ1n) is 13.5. The minimum absolute atomic E-state index is 0.0186. The highest BCUT2D eigenvalue weighted by Gasteiger charge is 2.34. The molecule has 1 fully saturated rings. The van der Waals surface area contributed by atoms with Crippen molar-refractivity contribution in [3.05, 3.63) is 106 Å². The molecule has 1 heterocycles. The Hall–Kier alpha value is -2.91. The number of amides is 1. The number of ether oxygens (including phenoxy) is 1. The van der Waals surface area contributed by atoms with E-state index in [1.54, 1.807) is 6.07 Å². The van der Waals surface area contributed by atoms with Gasteiger partial charge >= 0.3 is 6.18 Å². The van der Waals surface area contributed by atoms with E-state index in [2.05, 4.69) is 29.2 Å². The maximum Gasteiger partial charge on any atom is 0.417 e. The number of hydrogen-bond donors (Lipinski definition) is 1. The van der Waals surface area contributed by atoms with Crippen LogP contribution in [0.25, 0.3) is 0 Å². The number of carbonyl (C=O) groups excluding carboxylic acids is 1. The van der Waals surface area contributed by atoms with E-state index in [-0.39, 0.29) is 36.0 Å². The monoisotopic (exact) mass is 573 g/mol. The van der Waals surface area contributed by atoms with Crippen LogP contribution in [0.3, 0.4) is 0 Å². The zero-order chi connectivity index (χ0) is 28.5. The summed E-state index contributed by atoms with van der Waals surface area (Å²) in [5, 5.41) is -0.257. The Morgan fingerprint density at radius 3 is 2.27 bits per heavy atom. The Morgan fingerprint density at radius 1 is 1.02 bits per heavy atom. The van der Waals surface area contributed by atoms with Gasteiger partial charge in [0, 0.05) is 45.2 Å². The summed E-state index contributed by atoms with van der Waals surface area (Å²) in [6, 6.07) is 24.3. The molecule has 1 atom stereocenters. The molecule has 0 spiro atoms. The quantitative estimate of drug-likeness (QED) is 0.256. The number of nitrogens with zero attached hydrogens (tertiary/aromatic N) is 2. The van der Waals surface area contributed by atoms with Crippen LogP contribution >= 0.6 is 11.6 Å². The van der Waals surface area contributed by atoms with Gasteiger partial charge in [-0.3, -0.25) is 14.6 Å². The van der Waals surface area contributed by atoms with E-state index in [4.69, 9.17) is 22.1 Å². The molecule has 214 valence electrons. The number of likely N-dealkylation sites (tertiary alicyclic amines) is 1. The van der Waals surface area contributed by atoms with Gasteiger partial charge < -0.3 is 10.5 Å². The lowest BCUT2D eigenvalue weighted by atomic mass is 9.90. The molecule has 4 rings (SSSR count). The third-order valence-electron chi connectivity index (χ3n) is 7.20. The maximum atomic E-state index is 13.6. The van der Waals surface area contributed by atoms with E-state index in [0.717, 1.165) is 30.2 Å². The molecule has 1 unspecified atom stereocenters. The molecule has 0 aliphatic carbocycles. The first-order chi connectivity index (χ1) is 19.2. The van der Waals surface area contributed by atoms with Crippen LogP contribution in [0.1, 0.15) is 41.0 Å². The second-order valence-corrected chi connectivity index (χ2v) is 10.6. The van der Waals surface area contributed by atoms with Crippen molar-refractivity contribution in [2.75, 3.05) is 39.3 Å². The molecule has 1 aliphatic rings. The highest BCUT2D eigenvalue weighted by Crippen LogP contribution is 2.37. The molecule has 0 bridgehead atoms. The van der Waals surface area contributed by atoms with Gasteiger partial charge in [0.25, 0.3) is 0 Å². The molecule has 0 radical (unpaired) electrons. The van der Waals surface area contributed by atoms with Crippen LogP contribution in [-0.2, 0) is 22.3 Å². The number of halogens is 4. The van der Waals surface area contributed by atoms with E-state index in [1.165, 1.54) is 6.07 Å². The summed E-state index contributed by atoms with van der Waals surface area (Å²) in [5.41, 5.74) is 7.18. The summed E-state index contributed by atoms with van der Waals surface area (Å²) < 4.78 is 46.8. The molecule has 1 amide bonds. The van der Waals surface area contributed by atoms with Crippen LogP contribution in [-0.4, -0.2) is 61.1 Å². The van der Waals surface area contributed by atoms with E-state index in [0.29, 0.717) is 38.2 Å². The van der Waals surface area contributed by atoms with Gasteiger partial charge in [0.05, 0.1) is 23.2 Å². The molecular weight excluding hydrogens is 539 g/mol. The Balaban J connectivity index is 1.49. The number of primary amides is 1. The molecule has 2 N–H and O–H groups in total. The molecular formula is C31H35ClF3N3O2. The Bertz CT molecular complexity index is 1190. The van der Waals surface area contributed by atoms with E-state index in [9.17, 15) is 18.0 Å². The Labute approximate surface area is 238 Å². The minimum Gasteiger partial charge on any atom is -0.377 e. The lowest BCUT2D eigenvalue weighted by Gasteiger charge is -2.29. The number of alkyl halides is 3. The van der Waals surface area contributed by atoms with Gasteiger partial charge in [0.2, 0.25) is 5.91 Å². The van der Waals surface area contributed by atoms with Crippen LogP contribution in [0.4, 0.5) is 13.2 Å². The summed E-state index contributed by atoms with van der Waals surface area (Å²) in [5.74, 6) is -0.332. The first-order valence-corrected chi connectivity index (χ1v) is 13.9. The highest BCUT2D eigenvalue weighted by atomic mass is 35.5. The topological polar surface area (TPSA) is 58.8 Å². The zero-order valence-corrected chi connectivity index (χ0v) is 23.1. The fourth-order valence-electron chi connectivity index (χ4n) is 5.26. The number of benzene rings is 3. The molecule has 0 saturated carbocycles. The largest absolute Gasteiger partial charge is 0.417 e. The lowest BCUT2D eigenvalue weighted by molar-refractivity contribution is -0.137. The van der Waals surface area contributed by atoms with Crippen LogP contribution in [0.2, 0.25) is 5.02 Å². The number of rotatable bonds is 13. The SMILES string of the molecule is NC(=O)CN1CCC(OCCCN(Cc2cccc(C(F)(F)F)c2Cl)CC(c2ccccc2)c2ccccc2)C1. The molecule has 5 nitrogen and oxygen atoms in total. The fraction of sp³-hybridized carbons (Fsp3) is 0.387. The van der Waals surface area contributed by atoms with Gasteiger partial charge in [-0.05, 0) is 35.6 Å². The van der Waals surface area contributed by atoms with Crippen LogP contribution in [0, 0.1) is 0 Å². The van der Waals surface area contributed by atoms with Gasteiger partial charge in [-0.1, -0.05) is 84.4 Å². The van der Waals surface area contributed by atoms with Gasteiger partial charge in [0.15, 0.2) is 0 Å². The van der Waals surface area contributed by atoms with Crippen LogP contribution in [0.15, 0.2) is 78.9 Å². The second kappa shape index (κ2) is 14.1. The van der Waals surface area contributed by atoms with Crippen molar-refractivity contribution in [1.82, 2.24) is 9.80 Å². The predicted octanol–water partition coefficient (Wildman–Crippen LogP) is 5.96. The van der Waals surface area contributed by atoms with Crippen LogP contribution < -0.4 is 5.73 Å². The van der Waals surface area contributed by atoms with Crippen molar-refractivity contribution >= 4 is 17.5 Å². The van der Waals surface area contributed by atoms with Crippen molar-refractivity contribution < 1.29 is 22.7 Å². The third kappa shape index (κ3) is 8.54. The Morgan fingerprint density at radius 2 is 1.68 bits per heavy atom. The smallest absolute Gasteiger partial charge is 0.377 e. The van der Waals surface area contributed by atoms with Crippen molar-refractivity contribution in [3.8, 4) is 0 Å². The van der Waals surface area contributed by atoms with Crippen LogP contribution in [0.5, 0.6) is 0 Å². The summed E-state index contributed by atoms with van der Waals surface area (Å²) in [7, 11) is 0. The summed E-state index contributed by atoms with van der Waals surface area (Å²) in [6.45, 7) is 3.64. The first kappa shape index (κ1) is 30.1. The van der Waals surface area contributed by atoms with Crippen molar-refractivity contribution in [2.45, 2.75) is 37.6 Å². The summed E-state index contributed by atoms with van der Waals surface area (Å²) in [6.07, 6.45) is -2.96. The normalized spacial score (nSPS) is 16.2. The number of nitrogens with two attached hydrogens (primary N) is 1. The van der Waals surface area contributed by atoms with Crippen molar-refractivity contribution in [3.63, 3.8) is 0 Å². The predicted molar refractivity (Wildman–Crippen MR) is 151 cm³/mol. The van der Waals surface area contributed by atoms with Crippen molar-refractivity contribution in [1.29, 1.82) is 0 Å². The molecule has 3 aromatic rings. The summed E-state index contributed by atoms with van der Waals surface area (Å²) in [4.78, 5) is 15.3. The van der Waals surface area contributed by atoms with E-state index < -0.39 is 11.7 Å². The third-order valence-corrected chi connectivity index (χ3v) is 7.65. The standard InChI is InChI=1S/C31H35ClF3N3O2/c32-30-25(13-7-14-28(30)31(33,34)35)19-37(16-8-18-40-26-15-17-38(20-26)22-29(36)39)21-27(23-9-3-1-4-10-23)24-11-5-2-6-12-24/h1-7,9-14,26-27H,8,15-22H2,(H2,36,39). The minimum atomic E-state index is -4.52. The van der Waals surface area contributed by atoms with Gasteiger partial charge in [-0.25, -0.2) is 0 Å². The number of hydrogen-bond acceptors (Lipinski definition) is 4. The zero-order valence-electron chi connectivity index (χ0n) is 22.3. The van der Waals surface area contributed by atoms with Crippen molar-refractivity contribution in [2.24, 2.45) is 5.73 Å². The fourth-order valence-corrected chi connectivity index (χ4v) is 5.56. The molecule has 3 aromatic carbocycles. The highest BCUT2D eigenvalue weighted by molar-refractivity contribution is 6.32. The van der Waals surface area contributed by atoms with Gasteiger partial charge in [0.1, 0.15) is 0 Å². The molecule has 1 aliphatic heterocycles. The van der Waals surface area contributed by atoms with Gasteiger partial charge in [-0.2, -0.15) is 13.2 Å².